The maximum atomic E-state index is 12.1. The van der Waals surface area contributed by atoms with E-state index in [0.29, 0.717) is 5.41 Å². The molecule has 1 aromatic carbocycles. The first-order chi connectivity index (χ1) is 12.8. The average molecular weight is 375 g/mol. The van der Waals surface area contributed by atoms with Crippen LogP contribution in [-0.4, -0.2) is 43.1 Å². The van der Waals surface area contributed by atoms with Crippen LogP contribution in [0, 0.1) is 5.92 Å². The molecule has 1 saturated carbocycles. The lowest BCUT2D eigenvalue weighted by atomic mass is 9.79. The molecule has 1 aromatic rings. The number of carbonyl (C=O) groups excluding carboxylic acids is 2. The zero-order valence-electron chi connectivity index (χ0n) is 17.2. The van der Waals surface area contributed by atoms with Crippen LogP contribution >= 0.6 is 0 Å². The summed E-state index contributed by atoms with van der Waals surface area (Å²) in [5, 5.41) is 2.72. The Hall–Kier alpha value is -2.04. The molecule has 0 radical (unpaired) electrons. The number of methoxy groups -OCH3 is 1. The number of hydrogen-bond acceptors (Lipinski definition) is 3. The van der Waals surface area contributed by atoms with E-state index in [9.17, 15) is 9.59 Å². The van der Waals surface area contributed by atoms with Crippen LogP contribution in [-0.2, 0) is 14.9 Å². The van der Waals surface area contributed by atoms with Gasteiger partial charge >= 0.3 is 6.09 Å². The minimum Gasteiger partial charge on any atom is -0.453 e. The molecule has 5 heteroatoms. The predicted molar refractivity (Wildman–Crippen MR) is 108 cm³/mol. The number of piperidine rings is 1. The Morgan fingerprint density at radius 1 is 1.04 bits per heavy atom. The summed E-state index contributed by atoms with van der Waals surface area (Å²) in [6, 6.07) is 10.7. The molecular formula is C22H34N2O3. The highest BCUT2D eigenvalue weighted by Gasteiger charge is 2.37. The van der Waals surface area contributed by atoms with Gasteiger partial charge in [-0.25, -0.2) is 4.79 Å². The lowest BCUT2D eigenvalue weighted by Gasteiger charge is -2.38. The highest BCUT2D eigenvalue weighted by molar-refractivity contribution is 5.80. The van der Waals surface area contributed by atoms with E-state index in [-0.39, 0.29) is 17.9 Å². The van der Waals surface area contributed by atoms with Gasteiger partial charge in [-0.1, -0.05) is 51.1 Å². The summed E-state index contributed by atoms with van der Waals surface area (Å²) in [6.07, 6.45) is 4.60. The SMILES string of the molecule is CC(C)(C)c1ccccc1.COC(=O)NC1CC(C(=O)N2CCCCC2)C1. The maximum absolute atomic E-state index is 12.1. The van der Waals surface area contributed by atoms with Crippen molar-refractivity contribution in [1.29, 1.82) is 0 Å². The van der Waals surface area contributed by atoms with Crippen LogP contribution in [0.4, 0.5) is 4.79 Å². The molecule has 0 atom stereocenters. The Labute approximate surface area is 163 Å². The molecule has 27 heavy (non-hydrogen) atoms. The third-order valence-corrected chi connectivity index (χ3v) is 5.30. The molecule has 3 rings (SSSR count). The molecule has 1 aliphatic heterocycles. The molecule has 2 amide bonds. The zero-order valence-corrected chi connectivity index (χ0v) is 17.2. The van der Waals surface area contributed by atoms with Crippen molar-refractivity contribution in [3.8, 4) is 0 Å². The van der Waals surface area contributed by atoms with Crippen molar-refractivity contribution in [1.82, 2.24) is 10.2 Å². The van der Waals surface area contributed by atoms with Crippen LogP contribution < -0.4 is 5.32 Å². The van der Waals surface area contributed by atoms with E-state index >= 15 is 0 Å². The fourth-order valence-electron chi connectivity index (χ4n) is 3.47. The van der Waals surface area contributed by atoms with Crippen molar-refractivity contribution in [3.05, 3.63) is 35.9 Å². The lowest BCUT2D eigenvalue weighted by Crippen LogP contribution is -2.51. The number of amides is 2. The smallest absolute Gasteiger partial charge is 0.407 e. The Kier molecular flexibility index (Phi) is 7.69. The van der Waals surface area contributed by atoms with Gasteiger partial charge < -0.3 is 15.0 Å². The van der Waals surface area contributed by atoms with Crippen molar-refractivity contribution in [3.63, 3.8) is 0 Å². The molecule has 0 bridgehead atoms. The molecule has 1 aliphatic carbocycles. The van der Waals surface area contributed by atoms with E-state index < -0.39 is 6.09 Å². The van der Waals surface area contributed by atoms with Crippen LogP contribution in [0.2, 0.25) is 0 Å². The normalized spacial score (nSPS) is 22.0. The van der Waals surface area contributed by atoms with Crippen LogP contribution in [0.5, 0.6) is 0 Å². The average Bonchev–Trinajstić information content (AvgIpc) is 2.65. The van der Waals surface area contributed by atoms with Crippen molar-refractivity contribution in [2.24, 2.45) is 5.92 Å². The monoisotopic (exact) mass is 374 g/mol. The van der Waals surface area contributed by atoms with Gasteiger partial charge in [0.1, 0.15) is 0 Å². The maximum Gasteiger partial charge on any atom is 0.407 e. The largest absolute Gasteiger partial charge is 0.453 e. The summed E-state index contributed by atoms with van der Waals surface area (Å²) in [5.41, 5.74) is 1.69. The molecule has 1 N–H and O–H groups in total. The Balaban J connectivity index is 0.000000223. The van der Waals surface area contributed by atoms with Gasteiger partial charge in [0.2, 0.25) is 5.91 Å². The number of carbonyl (C=O) groups is 2. The minimum atomic E-state index is -0.404. The standard InChI is InChI=1S/C12H20N2O3.C10H14/c1-17-12(16)13-10-7-9(8-10)11(15)14-5-3-2-4-6-14;1-10(2,3)9-7-5-4-6-8-9/h9-10H,2-8H2,1H3,(H,13,16);4-8H,1-3H3. The van der Waals surface area contributed by atoms with Crippen molar-refractivity contribution >= 4 is 12.0 Å². The molecule has 0 unspecified atom stereocenters. The number of hydrogen-bond donors (Lipinski definition) is 1. The van der Waals surface area contributed by atoms with Crippen LogP contribution in [0.25, 0.3) is 0 Å². The van der Waals surface area contributed by atoms with Gasteiger partial charge in [-0.3, -0.25) is 4.79 Å². The van der Waals surface area contributed by atoms with E-state index in [1.165, 1.54) is 19.1 Å². The van der Waals surface area contributed by atoms with Crippen molar-refractivity contribution < 1.29 is 14.3 Å². The van der Waals surface area contributed by atoms with Gasteiger partial charge in [0.15, 0.2) is 0 Å². The summed E-state index contributed by atoms with van der Waals surface area (Å²) in [6.45, 7) is 8.49. The van der Waals surface area contributed by atoms with Gasteiger partial charge in [-0.15, -0.1) is 0 Å². The van der Waals surface area contributed by atoms with Gasteiger partial charge in [0, 0.05) is 25.0 Å². The Morgan fingerprint density at radius 3 is 2.11 bits per heavy atom. The van der Waals surface area contributed by atoms with Crippen LogP contribution in [0.1, 0.15) is 58.4 Å². The van der Waals surface area contributed by atoms with Crippen molar-refractivity contribution in [2.45, 2.75) is 64.3 Å². The van der Waals surface area contributed by atoms with Crippen LogP contribution in [0.15, 0.2) is 30.3 Å². The fraction of sp³-hybridized carbons (Fsp3) is 0.636. The number of ether oxygens (including phenoxy) is 1. The quantitative estimate of drug-likeness (QED) is 0.847. The summed E-state index contributed by atoms with van der Waals surface area (Å²) in [5.74, 6) is 0.378. The molecule has 0 aromatic heterocycles. The second-order valence-corrected chi connectivity index (χ2v) is 8.50. The summed E-state index contributed by atoms with van der Waals surface area (Å²) in [4.78, 5) is 25.0. The first kappa shape index (κ1) is 21.3. The molecule has 2 aliphatic rings. The fourth-order valence-corrected chi connectivity index (χ4v) is 3.47. The van der Waals surface area contributed by atoms with Gasteiger partial charge in [0.05, 0.1) is 7.11 Å². The van der Waals surface area contributed by atoms with E-state index in [1.54, 1.807) is 0 Å². The Morgan fingerprint density at radius 2 is 1.63 bits per heavy atom. The minimum absolute atomic E-state index is 0.107. The summed E-state index contributed by atoms with van der Waals surface area (Å²) >= 11 is 0. The second-order valence-electron chi connectivity index (χ2n) is 8.50. The third kappa shape index (κ3) is 6.56. The second kappa shape index (κ2) is 9.77. The number of likely N-dealkylation sites (tertiary alicyclic amines) is 1. The third-order valence-electron chi connectivity index (χ3n) is 5.30. The van der Waals surface area contributed by atoms with E-state index in [4.69, 9.17) is 0 Å². The molecule has 5 nitrogen and oxygen atoms in total. The number of benzene rings is 1. The molecule has 0 spiro atoms. The number of alkyl carbamates (subject to hydrolysis) is 1. The topological polar surface area (TPSA) is 58.6 Å². The molecule has 1 heterocycles. The van der Waals surface area contributed by atoms with Gasteiger partial charge in [-0.2, -0.15) is 0 Å². The first-order valence-corrected chi connectivity index (χ1v) is 10.00. The number of nitrogens with zero attached hydrogens (tertiary/aromatic N) is 1. The summed E-state index contributed by atoms with van der Waals surface area (Å²) in [7, 11) is 1.35. The summed E-state index contributed by atoms with van der Waals surface area (Å²) < 4.78 is 4.52. The van der Waals surface area contributed by atoms with E-state index in [2.05, 4.69) is 61.2 Å². The van der Waals surface area contributed by atoms with E-state index in [0.717, 1.165) is 38.8 Å². The molecule has 2 fully saturated rings. The number of rotatable bonds is 2. The highest BCUT2D eigenvalue weighted by atomic mass is 16.5. The molecular weight excluding hydrogens is 340 g/mol. The van der Waals surface area contributed by atoms with Crippen LogP contribution in [0.3, 0.4) is 0 Å². The molecule has 1 saturated heterocycles. The number of nitrogens with one attached hydrogen (secondary N) is 1. The highest BCUT2D eigenvalue weighted by Crippen LogP contribution is 2.30. The van der Waals surface area contributed by atoms with E-state index in [1.807, 2.05) is 4.90 Å². The van der Waals surface area contributed by atoms with Crippen molar-refractivity contribution in [2.75, 3.05) is 20.2 Å². The van der Waals surface area contributed by atoms with Gasteiger partial charge in [0.25, 0.3) is 0 Å². The Bertz CT molecular complexity index is 598. The zero-order chi connectivity index (χ0) is 19.9. The van der Waals surface area contributed by atoms with Gasteiger partial charge in [-0.05, 0) is 43.1 Å². The first-order valence-electron chi connectivity index (χ1n) is 10.00. The molecule has 150 valence electrons. The predicted octanol–water partition coefficient (Wildman–Crippen LogP) is 4.12. The lowest BCUT2D eigenvalue weighted by molar-refractivity contribution is -0.139.